The van der Waals surface area contributed by atoms with E-state index in [0.717, 1.165) is 10.5 Å². The van der Waals surface area contributed by atoms with Crippen molar-refractivity contribution in [1.29, 1.82) is 0 Å². The first kappa shape index (κ1) is 22.7. The summed E-state index contributed by atoms with van der Waals surface area (Å²) < 4.78 is 5.18. The summed E-state index contributed by atoms with van der Waals surface area (Å²) >= 11 is 7.30. The van der Waals surface area contributed by atoms with Crippen LogP contribution in [0.15, 0.2) is 77.7 Å². The number of thioether (sulfide) groups is 1. The lowest BCUT2D eigenvalue weighted by Gasteiger charge is -2.13. The first-order valence-electron chi connectivity index (χ1n) is 9.69. The van der Waals surface area contributed by atoms with Crippen molar-refractivity contribution >= 4 is 46.6 Å². The molecule has 1 unspecified atom stereocenters. The summed E-state index contributed by atoms with van der Waals surface area (Å²) in [7, 11) is 1.58. The summed E-state index contributed by atoms with van der Waals surface area (Å²) in [5.74, 6) is 0.448. The number of halogens is 1. The number of methoxy groups -OCH3 is 1. The van der Waals surface area contributed by atoms with Gasteiger partial charge in [0.25, 0.3) is 0 Å². The molecule has 0 aliphatic rings. The quantitative estimate of drug-likeness (QED) is 0.431. The van der Waals surface area contributed by atoms with Crippen molar-refractivity contribution in [3.8, 4) is 5.75 Å². The number of hydrogen-bond acceptors (Lipinski definition) is 4. The van der Waals surface area contributed by atoms with Gasteiger partial charge in [-0.2, -0.15) is 0 Å². The third kappa shape index (κ3) is 7.05. The van der Waals surface area contributed by atoms with Crippen LogP contribution in [-0.2, 0) is 16.0 Å². The van der Waals surface area contributed by atoms with Gasteiger partial charge in [0.05, 0.1) is 18.8 Å². The Labute approximate surface area is 191 Å². The molecule has 0 saturated heterocycles. The van der Waals surface area contributed by atoms with Crippen molar-refractivity contribution in [2.24, 2.45) is 0 Å². The van der Waals surface area contributed by atoms with Crippen molar-refractivity contribution in [3.63, 3.8) is 0 Å². The SMILES string of the molecule is COc1cccc(NC(=O)C(C)Sc2cccc(NC(=O)Cc3ccc(Cl)cc3)c2)c1. The van der Waals surface area contributed by atoms with Gasteiger partial charge in [0, 0.05) is 27.4 Å². The highest BCUT2D eigenvalue weighted by atomic mass is 35.5. The lowest BCUT2D eigenvalue weighted by Crippen LogP contribution is -2.22. The maximum Gasteiger partial charge on any atom is 0.237 e. The average molecular weight is 455 g/mol. The molecule has 160 valence electrons. The summed E-state index contributed by atoms with van der Waals surface area (Å²) in [5.41, 5.74) is 2.25. The molecular weight excluding hydrogens is 432 g/mol. The second-order valence-electron chi connectivity index (χ2n) is 6.86. The number of ether oxygens (including phenoxy) is 1. The van der Waals surface area contributed by atoms with Gasteiger partial charge in [0.15, 0.2) is 0 Å². The molecule has 3 aromatic rings. The molecule has 0 saturated carbocycles. The van der Waals surface area contributed by atoms with E-state index in [4.69, 9.17) is 16.3 Å². The molecule has 1 atom stereocenters. The van der Waals surface area contributed by atoms with E-state index in [1.165, 1.54) is 11.8 Å². The Morgan fingerprint density at radius 2 is 1.65 bits per heavy atom. The number of nitrogens with one attached hydrogen (secondary N) is 2. The van der Waals surface area contributed by atoms with Gasteiger partial charge in [-0.25, -0.2) is 0 Å². The minimum atomic E-state index is -0.328. The number of anilines is 2. The smallest absolute Gasteiger partial charge is 0.237 e. The van der Waals surface area contributed by atoms with Crippen LogP contribution in [-0.4, -0.2) is 24.2 Å². The maximum absolute atomic E-state index is 12.6. The molecule has 0 fully saturated rings. The standard InChI is InChI=1S/C24H23ClN2O3S/c1-16(24(29)27-19-5-3-7-21(14-19)30-2)31-22-8-4-6-20(15-22)26-23(28)13-17-9-11-18(25)12-10-17/h3-12,14-16H,13H2,1-2H3,(H,26,28)(H,27,29). The number of carbonyl (C=O) groups is 2. The predicted molar refractivity (Wildman–Crippen MR) is 127 cm³/mol. The van der Waals surface area contributed by atoms with Crippen molar-refractivity contribution in [3.05, 3.63) is 83.4 Å². The summed E-state index contributed by atoms with van der Waals surface area (Å²) in [4.78, 5) is 25.8. The summed E-state index contributed by atoms with van der Waals surface area (Å²) in [6, 6.07) is 21.9. The molecule has 0 bridgehead atoms. The van der Waals surface area contributed by atoms with E-state index in [-0.39, 0.29) is 23.5 Å². The third-order valence-electron chi connectivity index (χ3n) is 4.42. The molecule has 0 heterocycles. The second-order valence-corrected chi connectivity index (χ2v) is 8.71. The van der Waals surface area contributed by atoms with Gasteiger partial charge in [0.2, 0.25) is 11.8 Å². The second kappa shape index (κ2) is 10.9. The maximum atomic E-state index is 12.6. The van der Waals surface area contributed by atoms with Gasteiger partial charge in [-0.3, -0.25) is 9.59 Å². The van der Waals surface area contributed by atoms with Crippen LogP contribution in [0.2, 0.25) is 5.02 Å². The summed E-state index contributed by atoms with van der Waals surface area (Å²) in [6.45, 7) is 1.84. The fourth-order valence-corrected chi connectivity index (χ4v) is 3.89. The van der Waals surface area contributed by atoms with E-state index in [0.29, 0.717) is 22.1 Å². The van der Waals surface area contributed by atoms with Crippen molar-refractivity contribution in [1.82, 2.24) is 0 Å². The number of rotatable bonds is 8. The first-order chi connectivity index (χ1) is 14.9. The van der Waals surface area contributed by atoms with Gasteiger partial charge in [0.1, 0.15) is 5.75 Å². The Kier molecular flexibility index (Phi) is 7.98. The summed E-state index contributed by atoms with van der Waals surface area (Å²) in [5, 5.41) is 6.11. The summed E-state index contributed by atoms with van der Waals surface area (Å²) in [6.07, 6.45) is 0.258. The normalized spacial score (nSPS) is 11.5. The molecule has 3 aromatic carbocycles. The molecule has 31 heavy (non-hydrogen) atoms. The Hall–Kier alpha value is -2.96. The van der Waals surface area contributed by atoms with E-state index in [1.807, 2.05) is 61.5 Å². The minimum absolute atomic E-state index is 0.115. The zero-order chi connectivity index (χ0) is 22.2. The lowest BCUT2D eigenvalue weighted by atomic mass is 10.1. The Morgan fingerprint density at radius 1 is 0.968 bits per heavy atom. The molecule has 0 aliphatic heterocycles. The molecule has 0 aliphatic carbocycles. The largest absolute Gasteiger partial charge is 0.497 e. The Balaban J connectivity index is 1.56. The molecule has 3 rings (SSSR count). The van der Waals surface area contributed by atoms with Crippen LogP contribution >= 0.6 is 23.4 Å². The highest BCUT2D eigenvalue weighted by Crippen LogP contribution is 2.27. The van der Waals surface area contributed by atoms with Crippen LogP contribution in [0.25, 0.3) is 0 Å². The fourth-order valence-electron chi connectivity index (χ4n) is 2.84. The van der Waals surface area contributed by atoms with Crippen LogP contribution in [0.4, 0.5) is 11.4 Å². The molecule has 0 radical (unpaired) electrons. The zero-order valence-electron chi connectivity index (χ0n) is 17.2. The van der Waals surface area contributed by atoms with Gasteiger partial charge >= 0.3 is 0 Å². The molecule has 0 spiro atoms. The van der Waals surface area contributed by atoms with Crippen molar-refractivity contribution < 1.29 is 14.3 Å². The van der Waals surface area contributed by atoms with Crippen LogP contribution in [0.5, 0.6) is 5.75 Å². The minimum Gasteiger partial charge on any atom is -0.497 e. The van der Waals surface area contributed by atoms with Gasteiger partial charge < -0.3 is 15.4 Å². The molecule has 7 heteroatoms. The Morgan fingerprint density at radius 3 is 2.35 bits per heavy atom. The van der Waals surface area contributed by atoms with E-state index >= 15 is 0 Å². The molecule has 2 N–H and O–H groups in total. The Bertz CT molecular complexity index is 1060. The average Bonchev–Trinajstić information content (AvgIpc) is 2.75. The van der Waals surface area contributed by atoms with Crippen LogP contribution in [0.3, 0.4) is 0 Å². The van der Waals surface area contributed by atoms with E-state index in [9.17, 15) is 9.59 Å². The third-order valence-corrected chi connectivity index (χ3v) is 5.76. The van der Waals surface area contributed by atoms with Crippen LogP contribution in [0, 0.1) is 0 Å². The zero-order valence-corrected chi connectivity index (χ0v) is 18.8. The van der Waals surface area contributed by atoms with Gasteiger partial charge in [-0.05, 0) is 55.0 Å². The number of amides is 2. The number of hydrogen-bond donors (Lipinski definition) is 2. The fraction of sp³-hybridized carbons (Fsp3) is 0.167. The first-order valence-corrected chi connectivity index (χ1v) is 10.9. The molecule has 0 aromatic heterocycles. The predicted octanol–water partition coefficient (Wildman–Crippen LogP) is 5.65. The number of carbonyl (C=O) groups excluding carboxylic acids is 2. The topological polar surface area (TPSA) is 67.4 Å². The number of benzene rings is 3. The van der Waals surface area contributed by atoms with Gasteiger partial charge in [-0.1, -0.05) is 35.9 Å². The van der Waals surface area contributed by atoms with Gasteiger partial charge in [-0.15, -0.1) is 11.8 Å². The molecule has 2 amide bonds. The van der Waals surface area contributed by atoms with Crippen molar-refractivity contribution in [2.45, 2.75) is 23.5 Å². The lowest BCUT2D eigenvalue weighted by molar-refractivity contribution is -0.116. The van der Waals surface area contributed by atoms with Crippen LogP contribution < -0.4 is 15.4 Å². The molecular formula is C24H23ClN2O3S. The van der Waals surface area contributed by atoms with Crippen molar-refractivity contribution in [2.75, 3.05) is 17.7 Å². The monoisotopic (exact) mass is 454 g/mol. The van der Waals surface area contributed by atoms with E-state index in [1.54, 1.807) is 25.3 Å². The highest BCUT2D eigenvalue weighted by Gasteiger charge is 2.15. The molecule has 5 nitrogen and oxygen atoms in total. The highest BCUT2D eigenvalue weighted by molar-refractivity contribution is 8.00. The van der Waals surface area contributed by atoms with Crippen LogP contribution in [0.1, 0.15) is 12.5 Å². The van der Waals surface area contributed by atoms with E-state index in [2.05, 4.69) is 10.6 Å². The van der Waals surface area contributed by atoms with E-state index < -0.39 is 0 Å².